The monoisotopic (exact) mass is 226 g/mol. The van der Waals surface area contributed by atoms with Gasteiger partial charge in [0.15, 0.2) is 5.15 Å². The summed E-state index contributed by atoms with van der Waals surface area (Å²) < 4.78 is 36.0. The lowest BCUT2D eigenvalue weighted by molar-refractivity contribution is -0.214. The largest absolute Gasteiger partial charge is 0.859 e. The van der Waals surface area contributed by atoms with Crippen molar-refractivity contribution in [3.8, 4) is 0 Å². The van der Waals surface area contributed by atoms with E-state index >= 15 is 0 Å². The molecule has 1 N–H and O–H groups in total. The van der Waals surface area contributed by atoms with Crippen LogP contribution in [0.5, 0.6) is 0 Å². The highest BCUT2D eigenvalue weighted by atomic mass is 35.5. The van der Waals surface area contributed by atoms with E-state index in [1.807, 2.05) is 0 Å². The molecule has 0 radical (unpaired) electrons. The molecule has 0 spiro atoms. The highest BCUT2D eigenvalue weighted by molar-refractivity contribution is 6.32. The molecule has 78 valence electrons. The number of hydrogen-bond acceptors (Lipinski definition) is 3. The van der Waals surface area contributed by atoms with Gasteiger partial charge in [0.2, 0.25) is 0 Å². The van der Waals surface area contributed by atoms with Crippen molar-refractivity contribution < 1.29 is 18.3 Å². The fourth-order valence-electron chi connectivity index (χ4n) is 0.815. The smallest absolute Gasteiger partial charge is 0.408 e. The number of nitrogens with one attached hydrogen (secondary N) is 1. The summed E-state index contributed by atoms with van der Waals surface area (Å²) in [5.41, 5.74) is -0.337. The third kappa shape index (κ3) is 2.63. The van der Waals surface area contributed by atoms with E-state index in [2.05, 4.69) is 5.10 Å². The first-order chi connectivity index (χ1) is 6.29. The molecular formula is C6H4ClF3N3O-. The molecule has 0 amide bonds. The van der Waals surface area contributed by atoms with Gasteiger partial charge in [-0.25, -0.2) is 0 Å². The molecule has 1 aromatic heterocycles. The van der Waals surface area contributed by atoms with Gasteiger partial charge >= 0.3 is 6.18 Å². The lowest BCUT2D eigenvalue weighted by Crippen LogP contribution is -2.18. The van der Waals surface area contributed by atoms with Crippen LogP contribution in [0.15, 0.2) is 6.20 Å². The highest BCUT2D eigenvalue weighted by Gasteiger charge is 2.28. The molecule has 0 bridgehead atoms. The van der Waals surface area contributed by atoms with E-state index in [4.69, 9.17) is 17.0 Å². The predicted molar refractivity (Wildman–Crippen MR) is 40.1 cm³/mol. The number of aromatic nitrogens is 2. The molecule has 14 heavy (non-hydrogen) atoms. The quantitative estimate of drug-likeness (QED) is 0.598. The van der Waals surface area contributed by atoms with E-state index in [9.17, 15) is 18.3 Å². The van der Waals surface area contributed by atoms with Gasteiger partial charge in [0.05, 0.1) is 0 Å². The van der Waals surface area contributed by atoms with Gasteiger partial charge in [-0.05, 0) is 5.90 Å². The number of hydrogen-bond donors (Lipinski definition) is 1. The molecule has 1 heterocycles. The second kappa shape index (κ2) is 3.49. The fraction of sp³-hybridized carbons (Fsp3) is 0.333. The Balaban J connectivity index is 2.92. The standard InChI is InChI=1S/C6H5ClF3N3O/c7-4-3(5(11)14)1-13(12-4)2-6(8,9)10/h1H,2H2,(H2,11,14)/p-1. The van der Waals surface area contributed by atoms with Crippen LogP contribution < -0.4 is 5.11 Å². The van der Waals surface area contributed by atoms with E-state index in [0.29, 0.717) is 4.68 Å². The lowest BCUT2D eigenvalue weighted by Gasteiger charge is -2.05. The van der Waals surface area contributed by atoms with Gasteiger partial charge in [-0.1, -0.05) is 11.6 Å². The Labute approximate surface area is 81.4 Å². The highest BCUT2D eigenvalue weighted by Crippen LogP contribution is 2.19. The van der Waals surface area contributed by atoms with Crippen LogP contribution in [0, 0.1) is 5.41 Å². The normalized spacial score (nSPS) is 11.7. The van der Waals surface area contributed by atoms with Crippen molar-refractivity contribution in [1.82, 2.24) is 9.78 Å². The van der Waals surface area contributed by atoms with Crippen LogP contribution in [0.25, 0.3) is 0 Å². The molecule has 0 aromatic carbocycles. The second-order valence-corrected chi connectivity index (χ2v) is 2.83. The molecule has 0 aliphatic heterocycles. The maximum Gasteiger partial charge on any atom is 0.408 e. The van der Waals surface area contributed by atoms with Crippen molar-refractivity contribution in [1.29, 1.82) is 5.41 Å². The first kappa shape index (κ1) is 10.8. The van der Waals surface area contributed by atoms with Crippen LogP contribution in [0.4, 0.5) is 13.2 Å². The van der Waals surface area contributed by atoms with Crippen molar-refractivity contribution in [2.24, 2.45) is 0 Å². The third-order valence-electron chi connectivity index (χ3n) is 1.30. The molecule has 0 aliphatic carbocycles. The lowest BCUT2D eigenvalue weighted by atomic mass is 10.4. The van der Waals surface area contributed by atoms with Gasteiger partial charge in [0.1, 0.15) is 6.54 Å². The molecule has 0 saturated heterocycles. The number of halogens is 4. The van der Waals surface area contributed by atoms with Gasteiger partial charge in [0, 0.05) is 11.8 Å². The Morgan fingerprint density at radius 3 is 2.57 bits per heavy atom. The zero-order valence-electron chi connectivity index (χ0n) is 6.60. The van der Waals surface area contributed by atoms with E-state index in [1.54, 1.807) is 0 Å². The van der Waals surface area contributed by atoms with Crippen molar-refractivity contribution >= 4 is 17.5 Å². The summed E-state index contributed by atoms with van der Waals surface area (Å²) in [5.74, 6) is -1.16. The molecule has 1 aromatic rings. The first-order valence-electron chi connectivity index (χ1n) is 3.35. The van der Waals surface area contributed by atoms with Crippen LogP contribution in [-0.2, 0) is 6.54 Å². The van der Waals surface area contributed by atoms with Gasteiger partial charge < -0.3 is 10.5 Å². The molecule has 0 aliphatic rings. The summed E-state index contributed by atoms with van der Waals surface area (Å²) in [6.07, 6.45) is -3.64. The summed E-state index contributed by atoms with van der Waals surface area (Å²) >= 11 is 5.33. The molecule has 0 atom stereocenters. The number of rotatable bonds is 2. The minimum Gasteiger partial charge on any atom is -0.859 e. The average molecular weight is 227 g/mol. The number of alkyl halides is 3. The minimum absolute atomic E-state index is 0.337. The van der Waals surface area contributed by atoms with E-state index in [-0.39, 0.29) is 5.56 Å². The first-order valence-corrected chi connectivity index (χ1v) is 3.73. The predicted octanol–water partition coefficient (Wildman–Crippen LogP) is 0.784. The molecule has 0 saturated carbocycles. The van der Waals surface area contributed by atoms with Gasteiger partial charge in [-0.15, -0.1) is 0 Å². The maximum absolute atomic E-state index is 11.8. The van der Waals surface area contributed by atoms with Gasteiger partial charge in [-0.2, -0.15) is 18.3 Å². The van der Waals surface area contributed by atoms with Crippen molar-refractivity contribution in [3.63, 3.8) is 0 Å². The second-order valence-electron chi connectivity index (χ2n) is 2.48. The molecule has 0 fully saturated rings. The molecule has 8 heteroatoms. The number of nitrogens with zero attached hydrogens (tertiary/aromatic N) is 2. The summed E-state index contributed by atoms with van der Waals surface area (Å²) in [7, 11) is 0. The van der Waals surface area contributed by atoms with E-state index < -0.39 is 23.8 Å². The van der Waals surface area contributed by atoms with Gasteiger partial charge in [0.25, 0.3) is 0 Å². The summed E-state index contributed by atoms with van der Waals surface area (Å²) in [4.78, 5) is 0. The van der Waals surface area contributed by atoms with Crippen molar-refractivity contribution in [2.45, 2.75) is 12.7 Å². The summed E-state index contributed by atoms with van der Waals surface area (Å²) in [6.45, 7) is -1.33. The molecule has 4 nitrogen and oxygen atoms in total. The Morgan fingerprint density at radius 2 is 2.21 bits per heavy atom. The Morgan fingerprint density at radius 1 is 1.64 bits per heavy atom. The third-order valence-corrected chi connectivity index (χ3v) is 1.58. The minimum atomic E-state index is -4.43. The zero-order chi connectivity index (χ0) is 10.9. The van der Waals surface area contributed by atoms with Gasteiger partial charge in [-0.3, -0.25) is 4.68 Å². The Bertz CT molecular complexity index is 360. The van der Waals surface area contributed by atoms with E-state index in [1.165, 1.54) is 0 Å². The SMILES string of the molecule is N=C([O-])c1cn(CC(F)(F)F)nc1Cl. The van der Waals surface area contributed by atoms with Crippen molar-refractivity contribution in [3.05, 3.63) is 16.9 Å². The molecular weight excluding hydrogens is 223 g/mol. The van der Waals surface area contributed by atoms with Crippen LogP contribution >= 0.6 is 11.6 Å². The molecule has 0 unspecified atom stereocenters. The Hall–Kier alpha value is -1.24. The summed E-state index contributed by atoms with van der Waals surface area (Å²) in [5, 5.41) is 20.0. The maximum atomic E-state index is 11.8. The average Bonchev–Trinajstić information content (AvgIpc) is 2.26. The topological polar surface area (TPSA) is 64.7 Å². The zero-order valence-corrected chi connectivity index (χ0v) is 7.35. The summed E-state index contributed by atoms with van der Waals surface area (Å²) in [6, 6.07) is 0. The van der Waals surface area contributed by atoms with Crippen LogP contribution in [0.1, 0.15) is 5.56 Å². The van der Waals surface area contributed by atoms with E-state index in [0.717, 1.165) is 6.20 Å². The van der Waals surface area contributed by atoms with Crippen LogP contribution in [0.2, 0.25) is 5.15 Å². The van der Waals surface area contributed by atoms with Crippen molar-refractivity contribution in [2.75, 3.05) is 0 Å². The fourth-order valence-corrected chi connectivity index (χ4v) is 1.05. The Kier molecular flexibility index (Phi) is 2.70. The molecule has 1 rings (SSSR count). The van der Waals surface area contributed by atoms with Crippen LogP contribution in [-0.4, -0.2) is 21.9 Å². The van der Waals surface area contributed by atoms with Crippen LogP contribution in [0.3, 0.4) is 0 Å².